The van der Waals surface area contributed by atoms with Gasteiger partial charge in [0.2, 0.25) is 5.91 Å². The molecule has 0 radical (unpaired) electrons. The van der Waals surface area contributed by atoms with Crippen LogP contribution in [0.25, 0.3) is 11.3 Å². The average molecular weight is 300 g/mol. The smallest absolute Gasteiger partial charge is 0.242 e. The zero-order valence-corrected chi connectivity index (χ0v) is 11.8. The number of nitrogens with one attached hydrogen (secondary N) is 1. The van der Waals surface area contributed by atoms with Crippen LogP contribution in [0.15, 0.2) is 29.6 Å². The number of benzene rings is 1. The van der Waals surface area contributed by atoms with Gasteiger partial charge in [0, 0.05) is 10.9 Å². The van der Waals surface area contributed by atoms with Crippen molar-refractivity contribution in [2.75, 3.05) is 5.32 Å². The van der Waals surface area contributed by atoms with Gasteiger partial charge < -0.3 is 16.2 Å². The van der Waals surface area contributed by atoms with Crippen LogP contribution < -0.4 is 11.1 Å². The van der Waals surface area contributed by atoms with Gasteiger partial charge >= 0.3 is 0 Å². The highest BCUT2D eigenvalue weighted by Gasteiger charge is 2.10. The lowest BCUT2D eigenvalue weighted by atomic mass is 10.2. The summed E-state index contributed by atoms with van der Waals surface area (Å²) >= 11 is 1.33. The first-order valence-electron chi connectivity index (χ1n) is 5.37. The van der Waals surface area contributed by atoms with E-state index in [2.05, 4.69) is 10.3 Å². The zero-order chi connectivity index (χ0) is 13.1. The largest absolute Gasteiger partial charge is 0.508 e. The van der Waals surface area contributed by atoms with Crippen molar-refractivity contribution in [1.29, 1.82) is 0 Å². The molecule has 0 aliphatic rings. The number of phenolic OH excluding ortho intramolecular Hbond substituents is 1. The predicted octanol–water partition coefficient (Wildman–Crippen LogP) is 2.22. The number of amides is 1. The van der Waals surface area contributed by atoms with E-state index in [1.807, 2.05) is 5.38 Å². The fraction of sp³-hybridized carbons (Fsp3) is 0.167. The second-order valence-electron chi connectivity index (χ2n) is 3.86. The van der Waals surface area contributed by atoms with Gasteiger partial charge in [-0.3, -0.25) is 4.79 Å². The van der Waals surface area contributed by atoms with Gasteiger partial charge in [0.15, 0.2) is 5.13 Å². The molecule has 1 amide bonds. The number of rotatable bonds is 3. The van der Waals surface area contributed by atoms with Crippen LogP contribution in [-0.4, -0.2) is 22.0 Å². The van der Waals surface area contributed by atoms with Gasteiger partial charge in [0.25, 0.3) is 0 Å². The van der Waals surface area contributed by atoms with Crippen LogP contribution in [-0.2, 0) is 4.79 Å². The summed E-state index contributed by atoms with van der Waals surface area (Å²) in [5.74, 6) is -0.0546. The van der Waals surface area contributed by atoms with E-state index in [1.54, 1.807) is 31.2 Å². The maximum absolute atomic E-state index is 11.4. The fourth-order valence-corrected chi connectivity index (χ4v) is 2.04. The van der Waals surface area contributed by atoms with E-state index >= 15 is 0 Å². The van der Waals surface area contributed by atoms with E-state index < -0.39 is 6.04 Å². The van der Waals surface area contributed by atoms with E-state index in [1.165, 1.54) is 11.3 Å². The Balaban J connectivity index is 0.00000180. The Morgan fingerprint density at radius 2 is 2.05 bits per heavy atom. The number of halogens is 1. The Hall–Kier alpha value is -1.63. The van der Waals surface area contributed by atoms with E-state index in [-0.39, 0.29) is 24.1 Å². The molecular formula is C12H14ClN3O2S. The first kappa shape index (κ1) is 15.4. The van der Waals surface area contributed by atoms with Gasteiger partial charge in [-0.15, -0.1) is 23.7 Å². The van der Waals surface area contributed by atoms with Crippen LogP contribution >= 0.6 is 23.7 Å². The number of aromatic hydroxyl groups is 1. The number of nitrogens with two attached hydrogens (primary N) is 1. The quantitative estimate of drug-likeness (QED) is 0.811. The summed E-state index contributed by atoms with van der Waals surface area (Å²) < 4.78 is 0. The van der Waals surface area contributed by atoms with Crippen molar-refractivity contribution >= 4 is 34.8 Å². The normalized spacial score (nSPS) is 11.5. The number of carbonyl (C=O) groups is 1. The lowest BCUT2D eigenvalue weighted by molar-refractivity contribution is -0.117. The third-order valence-electron chi connectivity index (χ3n) is 2.31. The van der Waals surface area contributed by atoms with Gasteiger partial charge in [0.1, 0.15) is 5.75 Å². The van der Waals surface area contributed by atoms with Crippen molar-refractivity contribution in [3.8, 4) is 17.0 Å². The summed E-state index contributed by atoms with van der Waals surface area (Å²) in [4.78, 5) is 15.7. The molecule has 102 valence electrons. The average Bonchev–Trinajstić information content (AvgIpc) is 2.78. The van der Waals surface area contributed by atoms with Crippen molar-refractivity contribution in [2.45, 2.75) is 13.0 Å². The fourth-order valence-electron chi connectivity index (χ4n) is 1.32. The summed E-state index contributed by atoms with van der Waals surface area (Å²) in [5, 5.41) is 14.2. The van der Waals surface area contributed by atoms with E-state index in [9.17, 15) is 9.90 Å². The minimum atomic E-state index is -0.564. The Bertz CT molecular complexity index is 554. The molecule has 1 aromatic carbocycles. The van der Waals surface area contributed by atoms with Gasteiger partial charge in [-0.1, -0.05) is 0 Å². The van der Waals surface area contributed by atoms with Gasteiger partial charge in [-0.25, -0.2) is 4.98 Å². The molecule has 1 atom stereocenters. The summed E-state index contributed by atoms with van der Waals surface area (Å²) in [6.07, 6.45) is 0. The topological polar surface area (TPSA) is 88.2 Å². The minimum absolute atomic E-state index is 0. The van der Waals surface area contributed by atoms with E-state index in [0.29, 0.717) is 5.13 Å². The van der Waals surface area contributed by atoms with Crippen LogP contribution in [0.5, 0.6) is 5.75 Å². The zero-order valence-electron chi connectivity index (χ0n) is 10.2. The van der Waals surface area contributed by atoms with Crippen LogP contribution in [0.1, 0.15) is 6.92 Å². The molecular weight excluding hydrogens is 286 g/mol. The van der Waals surface area contributed by atoms with Gasteiger partial charge in [0.05, 0.1) is 11.7 Å². The minimum Gasteiger partial charge on any atom is -0.508 e. The van der Waals surface area contributed by atoms with Gasteiger partial charge in [-0.2, -0.15) is 0 Å². The summed E-state index contributed by atoms with van der Waals surface area (Å²) in [6.45, 7) is 1.61. The van der Waals surface area contributed by atoms with Crippen molar-refractivity contribution in [3.05, 3.63) is 29.6 Å². The van der Waals surface area contributed by atoms with Crippen LogP contribution in [0, 0.1) is 0 Å². The third-order valence-corrected chi connectivity index (χ3v) is 3.07. The molecule has 5 nitrogen and oxygen atoms in total. The van der Waals surface area contributed by atoms with Crippen molar-refractivity contribution in [1.82, 2.24) is 4.98 Å². The van der Waals surface area contributed by atoms with E-state index in [0.717, 1.165) is 11.3 Å². The number of aromatic nitrogens is 1. The molecule has 2 aromatic rings. The van der Waals surface area contributed by atoms with Crippen molar-refractivity contribution in [2.24, 2.45) is 5.73 Å². The molecule has 4 N–H and O–H groups in total. The monoisotopic (exact) mass is 299 g/mol. The highest BCUT2D eigenvalue weighted by atomic mass is 35.5. The summed E-state index contributed by atoms with van der Waals surface area (Å²) in [7, 11) is 0. The summed E-state index contributed by atoms with van der Waals surface area (Å²) in [5.41, 5.74) is 7.09. The molecule has 1 unspecified atom stereocenters. The predicted molar refractivity (Wildman–Crippen MR) is 78.7 cm³/mol. The SMILES string of the molecule is CC(N)C(=O)Nc1nc(-c2ccc(O)cc2)cs1.Cl. The number of phenols is 1. The lowest BCUT2D eigenvalue weighted by Crippen LogP contribution is -2.32. The maximum Gasteiger partial charge on any atom is 0.242 e. The molecule has 0 saturated heterocycles. The molecule has 2 rings (SSSR count). The highest BCUT2D eigenvalue weighted by Crippen LogP contribution is 2.26. The van der Waals surface area contributed by atoms with Crippen molar-refractivity contribution < 1.29 is 9.90 Å². The molecule has 0 saturated carbocycles. The Kier molecular flexibility index (Phi) is 5.29. The second-order valence-corrected chi connectivity index (χ2v) is 4.72. The first-order valence-corrected chi connectivity index (χ1v) is 6.25. The molecule has 1 heterocycles. The maximum atomic E-state index is 11.4. The lowest BCUT2D eigenvalue weighted by Gasteiger charge is -2.03. The number of anilines is 1. The molecule has 1 aromatic heterocycles. The number of carbonyl (C=O) groups excluding carboxylic acids is 1. The number of thiazole rings is 1. The molecule has 0 aliphatic heterocycles. The molecule has 7 heteroatoms. The first-order chi connectivity index (χ1) is 8.56. The molecule has 0 bridgehead atoms. The standard InChI is InChI=1S/C12H13N3O2S.ClH/c1-7(13)11(17)15-12-14-10(6-18-12)8-2-4-9(16)5-3-8;/h2-7,16H,13H2,1H3,(H,14,15,17);1H. The molecule has 0 aliphatic carbocycles. The second kappa shape index (κ2) is 6.51. The summed E-state index contributed by atoms with van der Waals surface area (Å²) in [6, 6.07) is 6.15. The number of nitrogens with zero attached hydrogens (tertiary/aromatic N) is 1. The molecule has 19 heavy (non-hydrogen) atoms. The van der Waals surface area contributed by atoms with Crippen LogP contribution in [0.4, 0.5) is 5.13 Å². The number of hydrogen-bond donors (Lipinski definition) is 3. The Morgan fingerprint density at radius 1 is 1.42 bits per heavy atom. The third kappa shape index (κ3) is 3.92. The molecule has 0 spiro atoms. The van der Waals surface area contributed by atoms with Gasteiger partial charge in [-0.05, 0) is 31.2 Å². The number of hydrogen-bond acceptors (Lipinski definition) is 5. The highest BCUT2D eigenvalue weighted by molar-refractivity contribution is 7.14. The Labute approximate surface area is 120 Å². The Morgan fingerprint density at radius 3 is 2.63 bits per heavy atom. The van der Waals surface area contributed by atoms with Crippen LogP contribution in [0.3, 0.4) is 0 Å². The van der Waals surface area contributed by atoms with Crippen molar-refractivity contribution in [3.63, 3.8) is 0 Å². The van der Waals surface area contributed by atoms with E-state index in [4.69, 9.17) is 5.73 Å². The van der Waals surface area contributed by atoms with Crippen LogP contribution in [0.2, 0.25) is 0 Å². The molecule has 0 fully saturated rings.